The highest BCUT2D eigenvalue weighted by Crippen LogP contribution is 2.17. The SMILES string of the molecule is Fc1ccc(-c2noc(Cn3nnc(-c4ccccc4)n3)n2)cc1. The van der Waals surface area contributed by atoms with E-state index in [1.54, 1.807) is 12.1 Å². The van der Waals surface area contributed by atoms with Gasteiger partial charge in [0.05, 0.1) is 0 Å². The minimum atomic E-state index is -0.317. The van der Waals surface area contributed by atoms with Gasteiger partial charge in [-0.3, -0.25) is 0 Å². The maximum absolute atomic E-state index is 12.9. The molecule has 0 amide bonds. The molecule has 0 spiro atoms. The molecule has 24 heavy (non-hydrogen) atoms. The van der Waals surface area contributed by atoms with Gasteiger partial charge < -0.3 is 4.52 Å². The molecule has 0 aliphatic rings. The van der Waals surface area contributed by atoms with Gasteiger partial charge in [-0.05, 0) is 29.5 Å². The van der Waals surface area contributed by atoms with Gasteiger partial charge in [-0.15, -0.1) is 10.2 Å². The lowest BCUT2D eigenvalue weighted by Crippen LogP contribution is -2.04. The zero-order valence-electron chi connectivity index (χ0n) is 12.4. The Bertz CT molecular complexity index is 948. The normalized spacial score (nSPS) is 10.9. The number of hydrogen-bond acceptors (Lipinski definition) is 6. The van der Waals surface area contributed by atoms with Crippen LogP contribution in [0.2, 0.25) is 0 Å². The molecule has 8 heteroatoms. The van der Waals surface area contributed by atoms with Crippen molar-refractivity contribution in [1.82, 2.24) is 30.3 Å². The number of rotatable bonds is 4. The molecule has 0 aliphatic carbocycles. The first-order valence-corrected chi connectivity index (χ1v) is 7.20. The largest absolute Gasteiger partial charge is 0.337 e. The van der Waals surface area contributed by atoms with Crippen LogP contribution in [0, 0.1) is 5.82 Å². The van der Waals surface area contributed by atoms with Crippen molar-refractivity contribution in [2.75, 3.05) is 0 Å². The summed E-state index contributed by atoms with van der Waals surface area (Å²) in [5, 5.41) is 16.2. The molecule has 118 valence electrons. The Morgan fingerprint density at radius 3 is 2.46 bits per heavy atom. The minimum absolute atomic E-state index is 0.202. The van der Waals surface area contributed by atoms with Gasteiger partial charge >= 0.3 is 0 Å². The van der Waals surface area contributed by atoms with E-state index in [1.807, 2.05) is 30.3 Å². The third kappa shape index (κ3) is 2.89. The molecule has 2 aromatic carbocycles. The highest BCUT2D eigenvalue weighted by molar-refractivity contribution is 5.54. The van der Waals surface area contributed by atoms with E-state index in [0.717, 1.165) is 5.56 Å². The van der Waals surface area contributed by atoms with E-state index in [0.29, 0.717) is 23.1 Å². The predicted octanol–water partition coefficient (Wildman–Crippen LogP) is 2.58. The van der Waals surface area contributed by atoms with Crippen LogP contribution in [0.3, 0.4) is 0 Å². The van der Waals surface area contributed by atoms with Gasteiger partial charge in [0.25, 0.3) is 5.89 Å². The monoisotopic (exact) mass is 322 g/mol. The fraction of sp³-hybridized carbons (Fsp3) is 0.0625. The van der Waals surface area contributed by atoms with Crippen LogP contribution in [0.5, 0.6) is 0 Å². The average Bonchev–Trinajstić information content (AvgIpc) is 3.27. The molecule has 2 heterocycles. The first-order valence-electron chi connectivity index (χ1n) is 7.20. The van der Waals surface area contributed by atoms with Crippen LogP contribution in [0.4, 0.5) is 4.39 Å². The standard InChI is InChI=1S/C16H11FN6O/c17-13-8-6-12(7-9-13)15-18-14(24-21-15)10-23-20-16(19-22-23)11-4-2-1-3-5-11/h1-9H,10H2. The molecule has 0 fully saturated rings. The van der Waals surface area contributed by atoms with Crippen molar-refractivity contribution in [3.8, 4) is 22.8 Å². The molecule has 0 unspecified atom stereocenters. The van der Waals surface area contributed by atoms with Crippen molar-refractivity contribution in [3.05, 3.63) is 66.3 Å². The summed E-state index contributed by atoms with van der Waals surface area (Å²) in [5.41, 5.74) is 1.55. The third-order valence-electron chi connectivity index (χ3n) is 3.33. The Balaban J connectivity index is 1.52. The van der Waals surface area contributed by atoms with Gasteiger partial charge in [0.15, 0.2) is 0 Å². The Kier molecular flexibility index (Phi) is 3.54. The van der Waals surface area contributed by atoms with Crippen molar-refractivity contribution < 1.29 is 8.91 Å². The summed E-state index contributed by atoms with van der Waals surface area (Å²) in [4.78, 5) is 5.64. The summed E-state index contributed by atoms with van der Waals surface area (Å²) in [6.07, 6.45) is 0. The van der Waals surface area contributed by atoms with E-state index in [-0.39, 0.29) is 12.4 Å². The van der Waals surface area contributed by atoms with E-state index < -0.39 is 0 Å². The quantitative estimate of drug-likeness (QED) is 0.574. The van der Waals surface area contributed by atoms with Gasteiger partial charge in [0.1, 0.15) is 12.4 Å². The van der Waals surface area contributed by atoms with Gasteiger partial charge in [-0.25, -0.2) is 4.39 Å². The zero-order chi connectivity index (χ0) is 16.4. The lowest BCUT2D eigenvalue weighted by atomic mass is 10.2. The van der Waals surface area contributed by atoms with Crippen LogP contribution in [0.15, 0.2) is 59.1 Å². The molecule has 4 aromatic rings. The van der Waals surface area contributed by atoms with E-state index in [4.69, 9.17) is 4.52 Å². The zero-order valence-corrected chi connectivity index (χ0v) is 12.4. The third-order valence-corrected chi connectivity index (χ3v) is 3.33. The maximum atomic E-state index is 12.9. The van der Waals surface area contributed by atoms with Gasteiger partial charge in [-0.1, -0.05) is 35.5 Å². The summed E-state index contributed by atoms with van der Waals surface area (Å²) in [7, 11) is 0. The highest BCUT2D eigenvalue weighted by Gasteiger charge is 2.12. The van der Waals surface area contributed by atoms with Crippen LogP contribution in [-0.4, -0.2) is 30.3 Å². The number of tetrazole rings is 1. The molecule has 0 atom stereocenters. The second-order valence-electron chi connectivity index (χ2n) is 5.03. The average molecular weight is 322 g/mol. The summed E-state index contributed by atoms with van der Waals surface area (Å²) in [6, 6.07) is 15.4. The molecule has 2 aromatic heterocycles. The molecule has 0 N–H and O–H groups in total. The van der Waals surface area contributed by atoms with Crippen molar-refractivity contribution >= 4 is 0 Å². The fourth-order valence-corrected chi connectivity index (χ4v) is 2.17. The first-order chi connectivity index (χ1) is 11.8. The molecule has 0 aliphatic heterocycles. The van der Waals surface area contributed by atoms with Crippen molar-refractivity contribution in [3.63, 3.8) is 0 Å². The molecular formula is C16H11FN6O. The number of benzene rings is 2. The summed E-state index contributed by atoms with van der Waals surface area (Å²) in [6.45, 7) is 0.202. The van der Waals surface area contributed by atoms with Crippen molar-refractivity contribution in [2.45, 2.75) is 6.54 Å². The molecule has 0 saturated carbocycles. The molecule has 0 saturated heterocycles. The summed E-state index contributed by atoms with van der Waals surface area (Å²) in [5.74, 6) is 0.927. The molecule has 0 radical (unpaired) electrons. The number of aromatic nitrogens is 6. The molecule has 7 nitrogen and oxygen atoms in total. The Morgan fingerprint density at radius 1 is 0.917 bits per heavy atom. The van der Waals surface area contributed by atoms with E-state index in [9.17, 15) is 4.39 Å². The summed E-state index contributed by atoms with van der Waals surface area (Å²) >= 11 is 0. The predicted molar refractivity (Wildman–Crippen MR) is 82.0 cm³/mol. The second kappa shape index (κ2) is 5.99. The molecular weight excluding hydrogens is 311 g/mol. The van der Waals surface area contributed by atoms with Crippen LogP contribution in [0.1, 0.15) is 5.89 Å². The van der Waals surface area contributed by atoms with Gasteiger partial charge in [0.2, 0.25) is 11.6 Å². The number of nitrogens with zero attached hydrogens (tertiary/aromatic N) is 6. The van der Waals surface area contributed by atoms with Crippen LogP contribution < -0.4 is 0 Å². The Labute approximate surface area is 135 Å². The lowest BCUT2D eigenvalue weighted by molar-refractivity contribution is 0.356. The second-order valence-corrected chi connectivity index (χ2v) is 5.03. The van der Waals surface area contributed by atoms with E-state index >= 15 is 0 Å². The van der Waals surface area contributed by atoms with E-state index in [1.165, 1.54) is 16.9 Å². The number of halogens is 1. The maximum Gasteiger partial charge on any atom is 0.250 e. The number of hydrogen-bond donors (Lipinski definition) is 0. The van der Waals surface area contributed by atoms with Crippen LogP contribution in [0.25, 0.3) is 22.8 Å². The minimum Gasteiger partial charge on any atom is -0.337 e. The molecule has 0 bridgehead atoms. The van der Waals surface area contributed by atoms with E-state index in [2.05, 4.69) is 25.6 Å². The van der Waals surface area contributed by atoms with Crippen molar-refractivity contribution in [2.24, 2.45) is 0 Å². The fourth-order valence-electron chi connectivity index (χ4n) is 2.17. The van der Waals surface area contributed by atoms with Crippen LogP contribution >= 0.6 is 0 Å². The lowest BCUT2D eigenvalue weighted by Gasteiger charge is -1.93. The van der Waals surface area contributed by atoms with Crippen LogP contribution in [-0.2, 0) is 6.54 Å². The van der Waals surface area contributed by atoms with Gasteiger partial charge in [-0.2, -0.15) is 9.78 Å². The summed E-state index contributed by atoms with van der Waals surface area (Å²) < 4.78 is 18.1. The highest BCUT2D eigenvalue weighted by atomic mass is 19.1. The topological polar surface area (TPSA) is 82.5 Å². The molecule has 4 rings (SSSR count). The first kappa shape index (κ1) is 14.2. The van der Waals surface area contributed by atoms with Crippen molar-refractivity contribution in [1.29, 1.82) is 0 Å². The van der Waals surface area contributed by atoms with Gasteiger partial charge in [0, 0.05) is 11.1 Å². The Morgan fingerprint density at radius 2 is 1.67 bits per heavy atom. The smallest absolute Gasteiger partial charge is 0.250 e. The Hall–Kier alpha value is -3.42.